The second-order valence-corrected chi connectivity index (χ2v) is 1.36. The van der Waals surface area contributed by atoms with Crippen molar-refractivity contribution in [3.63, 3.8) is 0 Å². The van der Waals surface area contributed by atoms with Crippen LogP contribution in [0, 0.1) is 13.3 Å². The summed E-state index contributed by atoms with van der Waals surface area (Å²) < 4.78 is 0. The summed E-state index contributed by atoms with van der Waals surface area (Å²) in [5.74, 6) is 0. The molecule has 0 spiro atoms. The molecule has 1 heterocycles. The van der Waals surface area contributed by atoms with Gasteiger partial charge in [0.05, 0.1) is 0 Å². The van der Waals surface area contributed by atoms with Gasteiger partial charge in [-0.3, -0.25) is 0 Å². The molecule has 1 radical (unpaired) electrons. The summed E-state index contributed by atoms with van der Waals surface area (Å²) in [5.41, 5.74) is 1.07. The minimum Gasteiger partial charge on any atom is -0.374 e. The van der Waals surface area contributed by atoms with Crippen molar-refractivity contribution in [1.82, 2.24) is 9.97 Å². The van der Waals surface area contributed by atoms with E-state index < -0.39 is 0 Å². The first-order valence-corrected chi connectivity index (χ1v) is 3.04. The van der Waals surface area contributed by atoms with E-state index in [2.05, 4.69) is 16.3 Å². The van der Waals surface area contributed by atoms with Gasteiger partial charge >= 0.3 is 0 Å². The quantitative estimate of drug-likeness (QED) is 0.610. The van der Waals surface area contributed by atoms with E-state index in [4.69, 9.17) is 0 Å². The summed E-state index contributed by atoms with van der Waals surface area (Å²) in [6, 6.07) is 0. The standard InChI is InChI=1S/C5H5N2.C2H6.Y/c1-5-2-6-4-7-3-5;1-2;/h2-3H,1H3;1-2H3;/q-1;;. The van der Waals surface area contributed by atoms with Crippen molar-refractivity contribution < 1.29 is 32.7 Å². The Morgan fingerprint density at radius 3 is 1.80 bits per heavy atom. The summed E-state index contributed by atoms with van der Waals surface area (Å²) in [7, 11) is 0. The Bertz CT molecular complexity index is 142. The molecule has 0 saturated heterocycles. The summed E-state index contributed by atoms with van der Waals surface area (Å²) in [6.45, 7) is 5.94. The van der Waals surface area contributed by atoms with E-state index >= 15 is 0 Å². The second kappa shape index (κ2) is 9.18. The van der Waals surface area contributed by atoms with Crippen LogP contribution >= 0.6 is 0 Å². The second-order valence-electron chi connectivity index (χ2n) is 1.36. The van der Waals surface area contributed by atoms with Crippen LogP contribution in [0.3, 0.4) is 0 Å². The van der Waals surface area contributed by atoms with E-state index in [1.807, 2.05) is 20.8 Å². The van der Waals surface area contributed by atoms with Gasteiger partial charge in [-0.15, -0.1) is 5.56 Å². The van der Waals surface area contributed by atoms with Gasteiger partial charge in [-0.25, -0.2) is 0 Å². The summed E-state index contributed by atoms with van der Waals surface area (Å²) in [4.78, 5) is 7.30. The molecule has 0 aliphatic heterocycles. The number of hydrogen-bond donors (Lipinski definition) is 0. The molecule has 0 fully saturated rings. The molecule has 0 N–H and O–H groups in total. The molecule has 0 saturated carbocycles. The van der Waals surface area contributed by atoms with Gasteiger partial charge in [0.1, 0.15) is 0 Å². The monoisotopic (exact) mass is 212 g/mol. The first kappa shape index (κ1) is 12.8. The van der Waals surface area contributed by atoms with Crippen molar-refractivity contribution >= 4 is 0 Å². The third kappa shape index (κ3) is 6.31. The van der Waals surface area contributed by atoms with Crippen LogP contribution in [0.25, 0.3) is 0 Å². The molecule has 2 nitrogen and oxygen atoms in total. The van der Waals surface area contributed by atoms with Crippen LogP contribution in [-0.4, -0.2) is 9.97 Å². The average molecular weight is 212 g/mol. The minimum absolute atomic E-state index is 0. The molecule has 10 heavy (non-hydrogen) atoms. The predicted octanol–water partition coefficient (Wildman–Crippen LogP) is 1.61. The smallest absolute Gasteiger partial charge is 0.0213 e. The molecule has 0 bridgehead atoms. The summed E-state index contributed by atoms with van der Waals surface area (Å²) in [6.07, 6.45) is 5.86. The fourth-order valence-corrected chi connectivity index (χ4v) is 0.328. The van der Waals surface area contributed by atoms with Gasteiger partial charge in [-0.1, -0.05) is 33.2 Å². The first-order valence-electron chi connectivity index (χ1n) is 3.04. The van der Waals surface area contributed by atoms with E-state index in [9.17, 15) is 0 Å². The average Bonchev–Trinajstić information content (AvgIpc) is 1.94. The molecule has 0 unspecified atom stereocenters. The Kier molecular flexibility index (Phi) is 11.8. The number of hydrogen-bond acceptors (Lipinski definition) is 2. The third-order valence-corrected chi connectivity index (χ3v) is 0.652. The van der Waals surface area contributed by atoms with Gasteiger partial charge in [0.2, 0.25) is 0 Å². The molecular formula is C7H11N2Y-. The largest absolute Gasteiger partial charge is 0.374 e. The molecule has 53 valence electrons. The maximum absolute atomic E-state index is 3.65. The van der Waals surface area contributed by atoms with Crippen LogP contribution in [0.4, 0.5) is 0 Å². The number of nitrogens with zero attached hydrogens (tertiary/aromatic N) is 2. The maximum Gasteiger partial charge on any atom is 0.0213 e. The SMILES string of the molecule is CC.Cc1cn[c-]nc1.[Y]. The molecule has 0 atom stereocenters. The molecule has 1 rings (SSSR count). The molecule has 0 aliphatic carbocycles. The van der Waals surface area contributed by atoms with E-state index in [1.54, 1.807) is 12.4 Å². The van der Waals surface area contributed by atoms with E-state index in [-0.39, 0.29) is 32.7 Å². The van der Waals surface area contributed by atoms with E-state index in [0.29, 0.717) is 0 Å². The molecule has 0 amide bonds. The van der Waals surface area contributed by atoms with Gasteiger partial charge in [0.25, 0.3) is 0 Å². The molecule has 3 heteroatoms. The molecule has 0 aliphatic rings. The molecule has 1 aromatic rings. The minimum atomic E-state index is 0. The molecular weight excluding hydrogens is 201 g/mol. The topological polar surface area (TPSA) is 25.8 Å². The summed E-state index contributed by atoms with van der Waals surface area (Å²) >= 11 is 0. The Labute approximate surface area is 87.4 Å². The summed E-state index contributed by atoms with van der Waals surface area (Å²) in [5, 5.41) is 0. The predicted molar refractivity (Wildman–Crippen MR) is 37.0 cm³/mol. The Hall–Kier alpha value is 0.184. The van der Waals surface area contributed by atoms with Gasteiger partial charge in [0.15, 0.2) is 0 Å². The van der Waals surface area contributed by atoms with Crippen molar-refractivity contribution in [3.8, 4) is 0 Å². The Balaban J connectivity index is 0. The normalized spacial score (nSPS) is 6.70. The fourth-order valence-electron chi connectivity index (χ4n) is 0.328. The first-order chi connectivity index (χ1) is 4.39. The zero-order valence-electron chi connectivity index (χ0n) is 6.63. The van der Waals surface area contributed by atoms with E-state index in [1.165, 1.54) is 0 Å². The number of aromatic nitrogens is 2. The van der Waals surface area contributed by atoms with Crippen molar-refractivity contribution in [3.05, 3.63) is 24.3 Å². The van der Waals surface area contributed by atoms with Crippen LogP contribution < -0.4 is 0 Å². The van der Waals surface area contributed by atoms with Gasteiger partial charge in [-0.05, 0) is 0 Å². The van der Waals surface area contributed by atoms with Gasteiger partial charge in [0, 0.05) is 39.0 Å². The van der Waals surface area contributed by atoms with Crippen LogP contribution in [0.2, 0.25) is 0 Å². The van der Waals surface area contributed by atoms with Gasteiger partial charge in [-0.2, -0.15) is 0 Å². The zero-order valence-corrected chi connectivity index (χ0v) is 9.46. The van der Waals surface area contributed by atoms with Crippen molar-refractivity contribution in [2.24, 2.45) is 0 Å². The Morgan fingerprint density at radius 1 is 1.20 bits per heavy atom. The van der Waals surface area contributed by atoms with Crippen molar-refractivity contribution in [2.45, 2.75) is 20.8 Å². The fraction of sp³-hybridized carbons (Fsp3) is 0.429. The van der Waals surface area contributed by atoms with Crippen molar-refractivity contribution in [2.75, 3.05) is 0 Å². The van der Waals surface area contributed by atoms with Crippen LogP contribution in [0.1, 0.15) is 19.4 Å². The van der Waals surface area contributed by atoms with Crippen LogP contribution in [0.5, 0.6) is 0 Å². The number of aryl methyl sites for hydroxylation is 1. The maximum atomic E-state index is 3.65. The molecule has 1 aromatic heterocycles. The van der Waals surface area contributed by atoms with E-state index in [0.717, 1.165) is 5.56 Å². The molecule has 0 aromatic carbocycles. The third-order valence-electron chi connectivity index (χ3n) is 0.652. The van der Waals surface area contributed by atoms with Gasteiger partial charge < -0.3 is 9.97 Å². The van der Waals surface area contributed by atoms with Crippen LogP contribution in [-0.2, 0) is 32.7 Å². The van der Waals surface area contributed by atoms with Crippen molar-refractivity contribution in [1.29, 1.82) is 0 Å². The Morgan fingerprint density at radius 2 is 1.60 bits per heavy atom. The zero-order chi connectivity index (χ0) is 7.11. The number of rotatable bonds is 0. The van der Waals surface area contributed by atoms with Crippen LogP contribution in [0.15, 0.2) is 12.4 Å².